The predicted molar refractivity (Wildman–Crippen MR) is 119 cm³/mol. The first-order valence-electron chi connectivity index (χ1n) is 10.1. The van der Waals surface area contributed by atoms with Crippen molar-refractivity contribution >= 4 is 22.6 Å². The molecule has 2 N–H and O–H groups in total. The largest absolute Gasteiger partial charge is 0.480 e. The second-order valence-corrected chi connectivity index (χ2v) is 7.51. The third kappa shape index (κ3) is 4.41. The molecule has 0 saturated carbocycles. The van der Waals surface area contributed by atoms with Crippen LogP contribution in [0.15, 0.2) is 67.0 Å². The van der Waals surface area contributed by atoms with Gasteiger partial charge >= 0.3 is 5.97 Å². The van der Waals surface area contributed by atoms with Crippen molar-refractivity contribution in [1.29, 1.82) is 0 Å². The van der Waals surface area contributed by atoms with Crippen LogP contribution in [0.3, 0.4) is 0 Å². The molecule has 0 fully saturated rings. The van der Waals surface area contributed by atoms with Gasteiger partial charge in [0.15, 0.2) is 0 Å². The number of fused-ring (bicyclic) bond motifs is 1. The highest BCUT2D eigenvalue weighted by Crippen LogP contribution is 2.29. The number of carboxylic acids is 1. The number of carbonyl (C=O) groups excluding carboxylic acids is 1. The van der Waals surface area contributed by atoms with E-state index in [4.69, 9.17) is 0 Å². The van der Waals surface area contributed by atoms with Crippen molar-refractivity contribution in [3.63, 3.8) is 0 Å². The maximum Gasteiger partial charge on any atom is 0.326 e. The molecule has 2 aromatic carbocycles. The minimum atomic E-state index is -1.41. The van der Waals surface area contributed by atoms with Crippen LogP contribution in [0.25, 0.3) is 22.2 Å². The number of amides is 1. The maximum atomic E-state index is 14.0. The minimum Gasteiger partial charge on any atom is -0.480 e. The summed E-state index contributed by atoms with van der Waals surface area (Å²) in [5.74, 6) is -4.59. The molecule has 0 spiro atoms. The van der Waals surface area contributed by atoms with E-state index in [0.29, 0.717) is 17.0 Å². The number of carbonyl (C=O) groups is 2. The number of nitrogens with one attached hydrogen (secondary N) is 1. The Balaban J connectivity index is 1.70. The average Bonchev–Trinajstić information content (AvgIpc) is 2.78. The lowest BCUT2D eigenvalue weighted by atomic mass is 9.96. The fourth-order valence-corrected chi connectivity index (χ4v) is 3.74. The summed E-state index contributed by atoms with van der Waals surface area (Å²) in [6.45, 7) is 1.92. The fourth-order valence-electron chi connectivity index (χ4n) is 3.74. The molecule has 0 unspecified atom stereocenters. The lowest BCUT2D eigenvalue weighted by Gasteiger charge is -2.17. The molecule has 166 valence electrons. The highest BCUT2D eigenvalue weighted by atomic mass is 19.1. The normalized spacial score (nSPS) is 11.8. The second kappa shape index (κ2) is 9.12. The molecular formula is C25H19F2N3O3. The van der Waals surface area contributed by atoms with Crippen LogP contribution in [-0.2, 0) is 11.2 Å². The number of nitrogens with zero attached hydrogens (tertiary/aromatic N) is 2. The summed E-state index contributed by atoms with van der Waals surface area (Å²) >= 11 is 0. The Morgan fingerprint density at radius 2 is 1.61 bits per heavy atom. The standard InChI is InChI=1S/C25H19F2N3O3/c1-14-5-4-11-28-22(14)23-17-7-2-6-15(16(17)10-12-29-23)13-20(25(32)33)30-24(31)21-18(26)8-3-9-19(21)27/h2-12,20H,13H2,1H3,(H,30,31)(H,32,33)/t20-/m0/s1. The lowest BCUT2D eigenvalue weighted by Crippen LogP contribution is -2.43. The zero-order valence-corrected chi connectivity index (χ0v) is 17.5. The van der Waals surface area contributed by atoms with E-state index in [-0.39, 0.29) is 6.42 Å². The molecule has 0 aliphatic carbocycles. The van der Waals surface area contributed by atoms with Gasteiger partial charge in [0.1, 0.15) is 23.2 Å². The molecule has 8 heteroatoms. The lowest BCUT2D eigenvalue weighted by molar-refractivity contribution is -0.139. The molecule has 2 aromatic heterocycles. The van der Waals surface area contributed by atoms with Crippen molar-refractivity contribution in [1.82, 2.24) is 15.3 Å². The van der Waals surface area contributed by atoms with Gasteiger partial charge in [0.05, 0.1) is 11.4 Å². The summed E-state index contributed by atoms with van der Waals surface area (Å²) in [4.78, 5) is 33.2. The number of carboxylic acid groups (broad SMARTS) is 1. The number of aryl methyl sites for hydroxylation is 1. The topological polar surface area (TPSA) is 92.2 Å². The summed E-state index contributed by atoms with van der Waals surface area (Å²) in [5.41, 5.74) is 2.10. The van der Waals surface area contributed by atoms with Crippen molar-refractivity contribution < 1.29 is 23.5 Å². The van der Waals surface area contributed by atoms with Gasteiger partial charge in [-0.3, -0.25) is 14.8 Å². The van der Waals surface area contributed by atoms with Gasteiger partial charge < -0.3 is 10.4 Å². The summed E-state index contributed by atoms with van der Waals surface area (Å²) in [6, 6.07) is 12.5. The number of hydrogen-bond acceptors (Lipinski definition) is 4. The van der Waals surface area contributed by atoms with Gasteiger partial charge in [-0.2, -0.15) is 0 Å². The van der Waals surface area contributed by atoms with Gasteiger partial charge in [0.25, 0.3) is 5.91 Å². The molecule has 6 nitrogen and oxygen atoms in total. The van der Waals surface area contributed by atoms with Gasteiger partial charge in [-0.1, -0.05) is 30.3 Å². The summed E-state index contributed by atoms with van der Waals surface area (Å²) in [7, 11) is 0. The Kier molecular flexibility index (Phi) is 6.08. The van der Waals surface area contributed by atoms with E-state index in [1.165, 1.54) is 0 Å². The van der Waals surface area contributed by atoms with E-state index in [1.54, 1.807) is 30.6 Å². The molecule has 0 radical (unpaired) electrons. The Labute approximate surface area is 187 Å². The Morgan fingerprint density at radius 1 is 0.909 bits per heavy atom. The van der Waals surface area contributed by atoms with E-state index < -0.39 is 35.1 Å². The Morgan fingerprint density at radius 3 is 2.30 bits per heavy atom. The SMILES string of the molecule is Cc1cccnc1-c1nccc2c(C[C@H](NC(=O)c3c(F)cccc3F)C(=O)O)cccc12. The van der Waals surface area contributed by atoms with E-state index in [2.05, 4.69) is 15.3 Å². The first-order valence-corrected chi connectivity index (χ1v) is 10.1. The summed E-state index contributed by atoms with van der Waals surface area (Å²) in [5, 5.41) is 13.4. The molecule has 1 amide bonds. The van der Waals surface area contributed by atoms with E-state index >= 15 is 0 Å². The maximum absolute atomic E-state index is 14.0. The monoisotopic (exact) mass is 447 g/mol. The number of aliphatic carboxylic acids is 1. The molecule has 33 heavy (non-hydrogen) atoms. The molecule has 0 saturated heterocycles. The molecule has 1 atom stereocenters. The quantitative estimate of drug-likeness (QED) is 0.460. The van der Waals surface area contributed by atoms with Crippen LogP contribution in [-0.4, -0.2) is 33.0 Å². The van der Waals surface area contributed by atoms with Crippen LogP contribution in [0.5, 0.6) is 0 Å². The fraction of sp³-hybridized carbons (Fsp3) is 0.120. The molecule has 0 aliphatic heterocycles. The molecular weight excluding hydrogens is 428 g/mol. The number of rotatable bonds is 6. The van der Waals surface area contributed by atoms with E-state index in [1.807, 2.05) is 25.1 Å². The first-order chi connectivity index (χ1) is 15.9. The van der Waals surface area contributed by atoms with Gasteiger partial charge in [0.2, 0.25) is 0 Å². The van der Waals surface area contributed by atoms with Crippen molar-refractivity contribution in [3.8, 4) is 11.4 Å². The van der Waals surface area contributed by atoms with Crippen LogP contribution in [0.4, 0.5) is 8.78 Å². The zero-order chi connectivity index (χ0) is 23.5. The van der Waals surface area contributed by atoms with Gasteiger partial charge in [-0.25, -0.2) is 13.6 Å². The molecule has 2 heterocycles. The summed E-state index contributed by atoms with van der Waals surface area (Å²) < 4.78 is 27.9. The number of halogens is 2. The third-order valence-electron chi connectivity index (χ3n) is 5.35. The summed E-state index contributed by atoms with van der Waals surface area (Å²) in [6.07, 6.45) is 3.18. The first kappa shape index (κ1) is 22.0. The van der Waals surface area contributed by atoms with Crippen LogP contribution in [0.2, 0.25) is 0 Å². The predicted octanol–water partition coefficient (Wildman–Crippen LogP) is 4.31. The smallest absolute Gasteiger partial charge is 0.326 e. The average molecular weight is 447 g/mol. The van der Waals surface area contributed by atoms with Crippen LogP contribution in [0.1, 0.15) is 21.5 Å². The van der Waals surface area contributed by atoms with Gasteiger partial charge in [-0.05, 0) is 47.7 Å². The highest BCUT2D eigenvalue weighted by molar-refractivity contribution is 5.98. The zero-order valence-electron chi connectivity index (χ0n) is 17.5. The van der Waals surface area contributed by atoms with Crippen LogP contribution in [0, 0.1) is 18.6 Å². The number of benzene rings is 2. The molecule has 4 aromatic rings. The number of pyridine rings is 2. The molecule has 4 rings (SSSR count). The number of aromatic nitrogens is 2. The van der Waals surface area contributed by atoms with Crippen LogP contribution < -0.4 is 5.32 Å². The highest BCUT2D eigenvalue weighted by Gasteiger charge is 2.25. The third-order valence-corrected chi connectivity index (χ3v) is 5.35. The van der Waals surface area contributed by atoms with Gasteiger partial charge in [-0.15, -0.1) is 0 Å². The Hall–Kier alpha value is -4.20. The minimum absolute atomic E-state index is 0.0981. The van der Waals surface area contributed by atoms with Crippen molar-refractivity contribution in [2.75, 3.05) is 0 Å². The molecule has 0 aliphatic rings. The van der Waals surface area contributed by atoms with E-state index in [9.17, 15) is 23.5 Å². The van der Waals surface area contributed by atoms with Crippen LogP contribution >= 0.6 is 0 Å². The van der Waals surface area contributed by atoms with Crippen molar-refractivity contribution in [3.05, 3.63) is 95.3 Å². The second-order valence-electron chi connectivity index (χ2n) is 7.51. The number of hydrogen-bond donors (Lipinski definition) is 2. The van der Waals surface area contributed by atoms with Gasteiger partial charge in [0, 0.05) is 24.2 Å². The Bertz CT molecular complexity index is 1350. The van der Waals surface area contributed by atoms with E-state index in [0.717, 1.165) is 34.5 Å². The van der Waals surface area contributed by atoms with Crippen molar-refractivity contribution in [2.24, 2.45) is 0 Å². The molecule has 0 bridgehead atoms. The van der Waals surface area contributed by atoms with Crippen molar-refractivity contribution in [2.45, 2.75) is 19.4 Å².